The van der Waals surface area contributed by atoms with Crippen LogP contribution in [-0.2, 0) is 11.3 Å². The Morgan fingerprint density at radius 2 is 2.08 bits per heavy atom. The highest BCUT2D eigenvalue weighted by molar-refractivity contribution is 5.44. The summed E-state index contributed by atoms with van der Waals surface area (Å²) in [6.45, 7) is 6.29. The maximum atomic E-state index is 10.1. The van der Waals surface area contributed by atoms with Crippen molar-refractivity contribution in [1.29, 1.82) is 0 Å². The monoisotopic (exact) mass is 335 g/mol. The molecule has 0 bridgehead atoms. The maximum Gasteiger partial charge on any atom is 0.231 e. The van der Waals surface area contributed by atoms with Crippen LogP contribution in [0.3, 0.4) is 0 Å². The highest BCUT2D eigenvalue weighted by Gasteiger charge is 2.26. The molecule has 0 spiro atoms. The minimum absolute atomic E-state index is 0.280. The Morgan fingerprint density at radius 1 is 1.25 bits per heavy atom. The number of rotatable bonds is 7. The molecule has 0 aromatic heterocycles. The minimum Gasteiger partial charge on any atom is -0.454 e. The molecule has 0 saturated heterocycles. The summed E-state index contributed by atoms with van der Waals surface area (Å²) in [7, 11) is 0. The Morgan fingerprint density at radius 3 is 2.96 bits per heavy atom. The van der Waals surface area contributed by atoms with Crippen LogP contribution in [0.4, 0.5) is 0 Å². The summed E-state index contributed by atoms with van der Waals surface area (Å²) in [5.41, 5.74) is 1.02. The number of fused-ring (bicyclic) bond motifs is 1. The van der Waals surface area contributed by atoms with Crippen LogP contribution in [0.2, 0.25) is 0 Å². The molecule has 134 valence electrons. The van der Waals surface area contributed by atoms with E-state index >= 15 is 0 Å². The van der Waals surface area contributed by atoms with Gasteiger partial charge in [-0.15, -0.1) is 0 Å². The highest BCUT2D eigenvalue weighted by Crippen LogP contribution is 2.32. The van der Waals surface area contributed by atoms with Crippen LogP contribution in [0, 0.1) is 11.8 Å². The second-order valence-corrected chi connectivity index (χ2v) is 7.14. The van der Waals surface area contributed by atoms with Crippen molar-refractivity contribution in [3.8, 4) is 11.5 Å². The fraction of sp³-hybridized carbons (Fsp3) is 0.684. The van der Waals surface area contributed by atoms with Crippen molar-refractivity contribution in [3.05, 3.63) is 23.8 Å². The predicted molar refractivity (Wildman–Crippen MR) is 92.2 cm³/mol. The largest absolute Gasteiger partial charge is 0.454 e. The molecule has 1 aliphatic carbocycles. The van der Waals surface area contributed by atoms with Gasteiger partial charge in [0.05, 0.1) is 19.3 Å². The van der Waals surface area contributed by atoms with Gasteiger partial charge in [0.15, 0.2) is 11.5 Å². The Bertz CT molecular complexity index is 536. The summed E-state index contributed by atoms with van der Waals surface area (Å²) >= 11 is 0. The molecule has 1 heterocycles. The third-order valence-corrected chi connectivity index (χ3v) is 5.34. The van der Waals surface area contributed by atoms with Crippen molar-refractivity contribution in [2.75, 3.05) is 19.9 Å². The Hall–Kier alpha value is -1.30. The molecule has 2 aliphatic rings. The molecule has 1 aromatic carbocycles. The van der Waals surface area contributed by atoms with Gasteiger partial charge in [-0.3, -0.25) is 0 Å². The first-order valence-electron chi connectivity index (χ1n) is 9.01. The molecule has 0 amide bonds. The van der Waals surface area contributed by atoms with E-state index in [0.29, 0.717) is 31.7 Å². The number of aliphatic hydroxyl groups excluding tert-OH is 1. The van der Waals surface area contributed by atoms with Crippen molar-refractivity contribution < 1.29 is 19.3 Å². The van der Waals surface area contributed by atoms with E-state index in [1.165, 1.54) is 19.3 Å². The highest BCUT2D eigenvalue weighted by atomic mass is 16.7. The zero-order chi connectivity index (χ0) is 16.9. The molecule has 5 nitrogen and oxygen atoms in total. The zero-order valence-corrected chi connectivity index (χ0v) is 14.7. The Balaban J connectivity index is 1.36. The fourth-order valence-corrected chi connectivity index (χ4v) is 3.56. The lowest BCUT2D eigenvalue weighted by Crippen LogP contribution is -2.44. The average molecular weight is 335 g/mol. The van der Waals surface area contributed by atoms with Gasteiger partial charge in [-0.2, -0.15) is 0 Å². The molecule has 1 aliphatic heterocycles. The standard InChI is InChI=1S/C19H29NO4/c1-13-4-3-5-17(14(13)2)20-9-16(21)11-22-10-15-6-7-18-19(8-15)24-12-23-18/h6-8,13-14,16-17,20-21H,3-5,9-12H2,1-2H3/t13-,14+,16+,17+/m1/s1. The lowest BCUT2D eigenvalue weighted by atomic mass is 9.78. The predicted octanol–water partition coefficient (Wildman–Crippen LogP) is 2.71. The van der Waals surface area contributed by atoms with Crippen LogP contribution in [0.15, 0.2) is 18.2 Å². The van der Waals surface area contributed by atoms with E-state index < -0.39 is 6.10 Å². The molecule has 24 heavy (non-hydrogen) atoms. The quantitative estimate of drug-likeness (QED) is 0.802. The molecule has 1 saturated carbocycles. The van der Waals surface area contributed by atoms with Crippen LogP contribution in [0.5, 0.6) is 11.5 Å². The van der Waals surface area contributed by atoms with Gasteiger partial charge in [-0.05, 0) is 36.0 Å². The molecule has 1 aromatic rings. The van der Waals surface area contributed by atoms with Crippen molar-refractivity contribution in [2.24, 2.45) is 11.8 Å². The van der Waals surface area contributed by atoms with Gasteiger partial charge in [-0.25, -0.2) is 0 Å². The second kappa shape index (κ2) is 8.19. The summed E-state index contributed by atoms with van der Waals surface area (Å²) in [4.78, 5) is 0. The van der Waals surface area contributed by atoms with Gasteiger partial charge in [-0.1, -0.05) is 32.8 Å². The lowest BCUT2D eigenvalue weighted by Gasteiger charge is -2.35. The third-order valence-electron chi connectivity index (χ3n) is 5.34. The van der Waals surface area contributed by atoms with Gasteiger partial charge in [0.1, 0.15) is 0 Å². The lowest BCUT2D eigenvalue weighted by molar-refractivity contribution is 0.0250. The number of benzene rings is 1. The molecular weight excluding hydrogens is 306 g/mol. The van der Waals surface area contributed by atoms with Gasteiger partial charge in [0.2, 0.25) is 6.79 Å². The third kappa shape index (κ3) is 4.41. The topological polar surface area (TPSA) is 60.0 Å². The summed E-state index contributed by atoms with van der Waals surface area (Å²) < 4.78 is 16.3. The van der Waals surface area contributed by atoms with Gasteiger partial charge < -0.3 is 24.6 Å². The van der Waals surface area contributed by atoms with E-state index in [1.807, 2.05) is 18.2 Å². The first-order valence-corrected chi connectivity index (χ1v) is 9.01. The first-order chi connectivity index (χ1) is 11.6. The summed E-state index contributed by atoms with van der Waals surface area (Å²) in [6, 6.07) is 6.30. The van der Waals surface area contributed by atoms with E-state index in [2.05, 4.69) is 19.2 Å². The van der Waals surface area contributed by atoms with Crippen molar-refractivity contribution >= 4 is 0 Å². The van der Waals surface area contributed by atoms with Crippen molar-refractivity contribution in [3.63, 3.8) is 0 Å². The maximum absolute atomic E-state index is 10.1. The van der Waals surface area contributed by atoms with Gasteiger partial charge in [0.25, 0.3) is 0 Å². The number of hydrogen-bond acceptors (Lipinski definition) is 5. The molecule has 1 fully saturated rings. The fourth-order valence-electron chi connectivity index (χ4n) is 3.56. The van der Waals surface area contributed by atoms with Crippen LogP contribution in [0.25, 0.3) is 0 Å². The SMILES string of the molecule is C[C@H]1[C@H](C)CCC[C@@H]1NC[C@H](O)COCc1ccc2c(c1)OCO2. The van der Waals surface area contributed by atoms with Gasteiger partial charge >= 0.3 is 0 Å². The first kappa shape index (κ1) is 17.5. The number of ether oxygens (including phenoxy) is 3. The van der Waals surface area contributed by atoms with Crippen LogP contribution in [0.1, 0.15) is 38.7 Å². The summed E-state index contributed by atoms with van der Waals surface area (Å²) in [5.74, 6) is 2.97. The van der Waals surface area contributed by atoms with E-state index in [1.54, 1.807) is 0 Å². The zero-order valence-electron chi connectivity index (χ0n) is 14.7. The second-order valence-electron chi connectivity index (χ2n) is 7.14. The van der Waals surface area contributed by atoms with Gasteiger partial charge in [0, 0.05) is 12.6 Å². The van der Waals surface area contributed by atoms with E-state index in [-0.39, 0.29) is 6.79 Å². The summed E-state index contributed by atoms with van der Waals surface area (Å²) in [6.07, 6.45) is 3.32. The molecule has 3 rings (SSSR count). The van der Waals surface area contributed by atoms with Crippen LogP contribution in [-0.4, -0.2) is 37.2 Å². The van der Waals surface area contributed by atoms with Crippen molar-refractivity contribution in [2.45, 2.75) is 51.9 Å². The normalized spacial score (nSPS) is 27.2. The number of nitrogens with one attached hydrogen (secondary N) is 1. The Kier molecular flexibility index (Phi) is 5.98. The molecular formula is C19H29NO4. The molecule has 0 unspecified atom stereocenters. The van der Waals surface area contributed by atoms with Crippen molar-refractivity contribution in [1.82, 2.24) is 5.32 Å². The van der Waals surface area contributed by atoms with E-state index in [9.17, 15) is 5.11 Å². The summed E-state index contributed by atoms with van der Waals surface area (Å²) in [5, 5.41) is 13.7. The number of hydrogen-bond donors (Lipinski definition) is 2. The number of aliphatic hydroxyl groups is 1. The van der Waals surface area contributed by atoms with E-state index in [4.69, 9.17) is 14.2 Å². The minimum atomic E-state index is -0.483. The van der Waals surface area contributed by atoms with Crippen LogP contribution >= 0.6 is 0 Å². The smallest absolute Gasteiger partial charge is 0.231 e. The average Bonchev–Trinajstić information content (AvgIpc) is 3.04. The molecule has 2 N–H and O–H groups in total. The van der Waals surface area contributed by atoms with E-state index in [0.717, 1.165) is 23.0 Å². The molecule has 4 atom stereocenters. The Labute approximate surface area is 144 Å². The van der Waals surface area contributed by atoms with Crippen LogP contribution < -0.4 is 14.8 Å². The molecule has 0 radical (unpaired) electrons. The molecule has 5 heteroatoms.